The number of carbonyl (C=O) groups is 1. The summed E-state index contributed by atoms with van der Waals surface area (Å²) in [5.41, 5.74) is 0.236. The van der Waals surface area contributed by atoms with E-state index < -0.39 is 0 Å². The van der Waals surface area contributed by atoms with Crippen LogP contribution in [-0.4, -0.2) is 49.8 Å². The second kappa shape index (κ2) is 5.57. The first-order chi connectivity index (χ1) is 8.55. The molecule has 0 aromatic carbocycles. The number of nitrogens with zero attached hydrogens (tertiary/aromatic N) is 1. The minimum Gasteiger partial charge on any atom is -0.469 e. The largest absolute Gasteiger partial charge is 0.469 e. The van der Waals surface area contributed by atoms with Crippen LogP contribution in [0.2, 0.25) is 0 Å². The van der Waals surface area contributed by atoms with Gasteiger partial charge in [-0.2, -0.15) is 0 Å². The van der Waals surface area contributed by atoms with Crippen molar-refractivity contribution in [2.24, 2.45) is 5.92 Å². The van der Waals surface area contributed by atoms with Gasteiger partial charge in [0.05, 0.1) is 25.9 Å². The normalized spacial score (nSPS) is 30.9. The molecule has 1 saturated heterocycles. The van der Waals surface area contributed by atoms with Gasteiger partial charge in [0.1, 0.15) is 0 Å². The lowest BCUT2D eigenvalue weighted by atomic mass is 9.82. The first-order valence-electron chi connectivity index (χ1n) is 6.92. The average Bonchev–Trinajstić information content (AvgIpc) is 2.36. The Hall–Kier alpha value is -0.610. The van der Waals surface area contributed by atoms with Crippen LogP contribution in [0.5, 0.6) is 0 Å². The van der Waals surface area contributed by atoms with Gasteiger partial charge in [-0.15, -0.1) is 0 Å². The van der Waals surface area contributed by atoms with E-state index in [0.717, 1.165) is 26.1 Å². The van der Waals surface area contributed by atoms with Gasteiger partial charge in [0.15, 0.2) is 0 Å². The summed E-state index contributed by atoms with van der Waals surface area (Å²) in [5.74, 6) is 0.457. The number of methoxy groups -OCH3 is 1. The van der Waals surface area contributed by atoms with E-state index in [1.54, 1.807) is 0 Å². The molecule has 1 aliphatic carbocycles. The molecule has 1 heterocycles. The van der Waals surface area contributed by atoms with Gasteiger partial charge in [-0.05, 0) is 45.6 Å². The third-order valence-corrected chi connectivity index (χ3v) is 4.72. The summed E-state index contributed by atoms with van der Waals surface area (Å²) in [5, 5.41) is 0. The van der Waals surface area contributed by atoms with Crippen LogP contribution in [0.4, 0.5) is 0 Å². The van der Waals surface area contributed by atoms with Gasteiger partial charge >= 0.3 is 5.97 Å². The van der Waals surface area contributed by atoms with Crippen molar-refractivity contribution < 1.29 is 14.3 Å². The molecule has 0 atom stereocenters. The third kappa shape index (κ3) is 2.86. The Morgan fingerprint density at radius 2 is 1.94 bits per heavy atom. The molecule has 2 fully saturated rings. The van der Waals surface area contributed by atoms with Gasteiger partial charge in [0, 0.05) is 12.5 Å². The van der Waals surface area contributed by atoms with Crippen molar-refractivity contribution in [1.29, 1.82) is 0 Å². The van der Waals surface area contributed by atoms with Crippen LogP contribution in [0.3, 0.4) is 0 Å². The molecule has 0 aromatic heterocycles. The topological polar surface area (TPSA) is 38.8 Å². The summed E-state index contributed by atoms with van der Waals surface area (Å²) in [6, 6.07) is 0.646. The van der Waals surface area contributed by atoms with Crippen molar-refractivity contribution >= 4 is 5.97 Å². The second-order valence-corrected chi connectivity index (χ2v) is 6.06. The molecule has 0 bridgehead atoms. The highest BCUT2D eigenvalue weighted by Gasteiger charge is 2.41. The first-order valence-corrected chi connectivity index (χ1v) is 6.92. The molecule has 0 radical (unpaired) electrons. The molecule has 18 heavy (non-hydrogen) atoms. The molecule has 0 N–H and O–H groups in total. The van der Waals surface area contributed by atoms with E-state index >= 15 is 0 Å². The van der Waals surface area contributed by atoms with E-state index in [1.165, 1.54) is 20.0 Å². The molecule has 0 spiro atoms. The van der Waals surface area contributed by atoms with E-state index in [9.17, 15) is 4.79 Å². The number of esters is 1. The average molecular weight is 255 g/mol. The lowest BCUT2D eigenvalue weighted by Crippen LogP contribution is -2.61. The summed E-state index contributed by atoms with van der Waals surface area (Å²) in [6.45, 7) is 3.98. The van der Waals surface area contributed by atoms with Crippen LogP contribution in [0.15, 0.2) is 0 Å². The maximum Gasteiger partial charge on any atom is 0.305 e. The monoisotopic (exact) mass is 255 g/mol. The number of ether oxygens (including phenoxy) is 2. The standard InChI is InChI=1S/C14H25NO3/c1-14(9-18-10-14)15(2)12-6-4-11(5-7-12)8-13(16)17-3/h11-12H,4-10H2,1-3H3. The van der Waals surface area contributed by atoms with E-state index in [0.29, 0.717) is 18.4 Å². The van der Waals surface area contributed by atoms with Crippen molar-refractivity contribution in [3.63, 3.8) is 0 Å². The van der Waals surface area contributed by atoms with Gasteiger partial charge < -0.3 is 9.47 Å². The van der Waals surface area contributed by atoms with Gasteiger partial charge in [0.25, 0.3) is 0 Å². The Morgan fingerprint density at radius 1 is 1.33 bits per heavy atom. The molecule has 4 nitrogen and oxygen atoms in total. The molecule has 0 unspecified atom stereocenters. The number of hydrogen-bond acceptors (Lipinski definition) is 4. The first kappa shape index (κ1) is 13.8. The summed E-state index contributed by atoms with van der Waals surface area (Å²) < 4.78 is 10.1. The molecule has 2 aliphatic rings. The van der Waals surface area contributed by atoms with Crippen LogP contribution < -0.4 is 0 Å². The molecule has 1 saturated carbocycles. The second-order valence-electron chi connectivity index (χ2n) is 6.06. The minimum absolute atomic E-state index is 0.0637. The van der Waals surface area contributed by atoms with Crippen LogP contribution in [0.1, 0.15) is 39.0 Å². The molecule has 0 amide bonds. The van der Waals surface area contributed by atoms with E-state index in [4.69, 9.17) is 9.47 Å². The van der Waals surface area contributed by atoms with Crippen LogP contribution in [0.25, 0.3) is 0 Å². The Balaban J connectivity index is 1.77. The van der Waals surface area contributed by atoms with Gasteiger partial charge in [-0.3, -0.25) is 9.69 Å². The van der Waals surface area contributed by atoms with Crippen LogP contribution in [0, 0.1) is 5.92 Å². The van der Waals surface area contributed by atoms with E-state index in [2.05, 4.69) is 18.9 Å². The van der Waals surface area contributed by atoms with Gasteiger partial charge in [0.2, 0.25) is 0 Å². The molecular formula is C14H25NO3. The number of rotatable bonds is 4. The minimum atomic E-state index is -0.0637. The molecule has 4 heteroatoms. The highest BCUT2D eigenvalue weighted by Crippen LogP contribution is 2.34. The van der Waals surface area contributed by atoms with Crippen LogP contribution in [-0.2, 0) is 14.3 Å². The fourth-order valence-electron chi connectivity index (χ4n) is 3.10. The summed E-state index contributed by atoms with van der Waals surface area (Å²) in [7, 11) is 3.69. The molecule has 1 aliphatic heterocycles. The predicted octanol–water partition coefficient (Wildman–Crippen LogP) is 1.83. The smallest absolute Gasteiger partial charge is 0.305 e. The number of likely N-dealkylation sites (N-methyl/N-ethyl adjacent to an activating group) is 1. The highest BCUT2D eigenvalue weighted by atomic mass is 16.5. The zero-order valence-corrected chi connectivity index (χ0v) is 11.8. The lowest BCUT2D eigenvalue weighted by molar-refractivity contribution is -0.144. The Bertz CT molecular complexity index is 293. The zero-order chi connectivity index (χ0) is 13.2. The van der Waals surface area contributed by atoms with Crippen molar-refractivity contribution in [1.82, 2.24) is 4.90 Å². The number of hydrogen-bond donors (Lipinski definition) is 0. The van der Waals surface area contributed by atoms with E-state index in [-0.39, 0.29) is 11.5 Å². The summed E-state index contributed by atoms with van der Waals surface area (Å²) >= 11 is 0. The van der Waals surface area contributed by atoms with Crippen molar-refractivity contribution in [2.75, 3.05) is 27.4 Å². The lowest BCUT2D eigenvalue weighted by Gasteiger charge is -2.50. The predicted molar refractivity (Wildman–Crippen MR) is 69.4 cm³/mol. The van der Waals surface area contributed by atoms with Crippen molar-refractivity contribution in [3.05, 3.63) is 0 Å². The summed E-state index contributed by atoms with van der Waals surface area (Å²) in [6.07, 6.45) is 5.25. The highest BCUT2D eigenvalue weighted by molar-refractivity contribution is 5.69. The van der Waals surface area contributed by atoms with Crippen molar-refractivity contribution in [2.45, 2.75) is 50.6 Å². The molecule has 0 aromatic rings. The third-order valence-electron chi connectivity index (χ3n) is 4.72. The fraction of sp³-hybridized carbons (Fsp3) is 0.929. The van der Waals surface area contributed by atoms with Crippen LogP contribution >= 0.6 is 0 Å². The van der Waals surface area contributed by atoms with Crippen molar-refractivity contribution in [3.8, 4) is 0 Å². The molecule has 2 rings (SSSR count). The molecular weight excluding hydrogens is 230 g/mol. The van der Waals surface area contributed by atoms with Gasteiger partial charge in [-0.25, -0.2) is 0 Å². The quantitative estimate of drug-likeness (QED) is 0.718. The Labute approximate surface area is 110 Å². The maximum absolute atomic E-state index is 11.3. The van der Waals surface area contributed by atoms with E-state index in [1.807, 2.05) is 0 Å². The van der Waals surface area contributed by atoms with Gasteiger partial charge in [-0.1, -0.05) is 0 Å². The Kier molecular flexibility index (Phi) is 4.28. The zero-order valence-electron chi connectivity index (χ0n) is 11.8. The summed E-state index contributed by atoms with van der Waals surface area (Å²) in [4.78, 5) is 13.8. The number of carbonyl (C=O) groups excluding carboxylic acids is 1. The fourth-order valence-corrected chi connectivity index (χ4v) is 3.10. The molecule has 104 valence electrons. The Morgan fingerprint density at radius 3 is 2.39 bits per heavy atom. The SMILES string of the molecule is COC(=O)CC1CCC(N(C)C2(C)COC2)CC1. The maximum atomic E-state index is 11.3.